The summed E-state index contributed by atoms with van der Waals surface area (Å²) in [5.41, 5.74) is 3.66. The fourth-order valence-electron chi connectivity index (χ4n) is 9.59. The SMILES string of the molecule is CCCCOc1c(OCCCC)c2cc3nc(cc4sc(cc5nc(cc1s2)c1c2cccc6cccc(c5=1)c62)c(OCCCC)c4OCCCC)c1c2cccc4cccc(c3=1)c42. The molecule has 0 spiro atoms. The molecule has 0 saturated heterocycles. The van der Waals surface area contributed by atoms with Gasteiger partial charge in [-0.2, -0.15) is 0 Å². The normalized spacial score (nSPS) is 12.2. The van der Waals surface area contributed by atoms with Crippen molar-refractivity contribution in [1.82, 2.24) is 9.97 Å². The van der Waals surface area contributed by atoms with E-state index in [0.717, 1.165) is 136 Å². The van der Waals surface area contributed by atoms with Crippen LogP contribution in [0.25, 0.3) is 84.0 Å². The van der Waals surface area contributed by atoms with Crippen LogP contribution in [0.1, 0.15) is 79.1 Å². The zero-order chi connectivity index (χ0) is 43.3. The fourth-order valence-corrected chi connectivity index (χ4v) is 11.7. The highest BCUT2D eigenvalue weighted by Gasteiger charge is 2.22. The zero-order valence-electron chi connectivity index (χ0n) is 37.1. The predicted molar refractivity (Wildman–Crippen MR) is 270 cm³/mol. The summed E-state index contributed by atoms with van der Waals surface area (Å²) >= 11 is 3.40. The number of benzene rings is 4. The Kier molecular flexibility index (Phi) is 11.0. The molecule has 11 rings (SSSR count). The van der Waals surface area contributed by atoms with Gasteiger partial charge in [0.05, 0.1) is 67.3 Å². The van der Waals surface area contributed by atoms with Crippen LogP contribution < -0.4 is 18.9 Å². The average molecular weight is 881 g/mol. The number of ether oxygens (including phenoxy) is 4. The minimum Gasteiger partial charge on any atom is -0.488 e. The predicted octanol–water partition coefficient (Wildman–Crippen LogP) is 16.0. The molecule has 2 aliphatic heterocycles. The maximum absolute atomic E-state index is 6.83. The van der Waals surface area contributed by atoms with Gasteiger partial charge < -0.3 is 18.9 Å². The lowest BCUT2D eigenvalue weighted by atomic mass is 10.1. The monoisotopic (exact) mass is 880 g/mol. The first kappa shape index (κ1) is 40.8. The number of nitrogens with zero attached hydrogens (tertiary/aromatic N) is 2. The molecule has 4 aliphatic rings. The number of unbranched alkanes of at least 4 members (excludes halogenated alkanes) is 4. The summed E-state index contributed by atoms with van der Waals surface area (Å²) < 4.78 is 31.3. The Morgan fingerprint density at radius 3 is 0.891 bits per heavy atom. The summed E-state index contributed by atoms with van der Waals surface area (Å²) in [6.45, 7) is 11.2. The number of thiophene rings is 2. The highest BCUT2D eigenvalue weighted by molar-refractivity contribution is 7.24. The number of hydrogen-bond acceptors (Lipinski definition) is 8. The second-order valence-electron chi connectivity index (χ2n) is 17.0. The first-order valence-corrected chi connectivity index (χ1v) is 24.9. The molecule has 8 heteroatoms. The Labute approximate surface area is 380 Å². The number of fused-ring (bicyclic) bond motifs is 16. The van der Waals surface area contributed by atoms with Gasteiger partial charge in [-0.15, -0.1) is 22.7 Å². The minimum atomic E-state index is 0.596. The molecule has 5 heterocycles. The number of hydrogen-bond donors (Lipinski definition) is 0. The highest BCUT2D eigenvalue weighted by atomic mass is 32.1. The lowest BCUT2D eigenvalue weighted by Crippen LogP contribution is -2.01. The van der Waals surface area contributed by atoms with Gasteiger partial charge in [0.25, 0.3) is 0 Å². The van der Waals surface area contributed by atoms with E-state index in [0.29, 0.717) is 26.4 Å². The zero-order valence-corrected chi connectivity index (χ0v) is 38.7. The van der Waals surface area contributed by atoms with Gasteiger partial charge in [0.15, 0.2) is 23.0 Å². The summed E-state index contributed by atoms with van der Waals surface area (Å²) in [5.74, 6) is 3.13. The molecule has 322 valence electrons. The Balaban J connectivity index is 1.37. The standard InChI is InChI=1S/C56H52N2O4S2/c1-5-9-25-59-53-43-29-39-49-35-21-13-17-33-18-15-23-37(47(33)35)51(49)41(57-39)31-45-55(61-27-11-7-3)56(62-28-12-8-4)46(64-45)32-42-52-38-24-16-20-34-19-14-22-36(48(34)38)50(52)40(58-42)30-44(63-43)54(53)60-26-10-6-2/h13-24,29-32H,5-12,25-28H2,1-4H3. The molecule has 7 aromatic rings. The van der Waals surface area contributed by atoms with Crippen LogP contribution in [0.5, 0.6) is 23.0 Å². The van der Waals surface area contributed by atoms with Crippen LogP contribution in [0.4, 0.5) is 0 Å². The van der Waals surface area contributed by atoms with Gasteiger partial charge in [-0.25, -0.2) is 9.97 Å². The first-order valence-electron chi connectivity index (χ1n) is 23.3. The Morgan fingerprint density at radius 1 is 0.375 bits per heavy atom. The van der Waals surface area contributed by atoms with Crippen molar-refractivity contribution in [2.75, 3.05) is 26.4 Å². The molecule has 2 aliphatic carbocycles. The second-order valence-corrected chi connectivity index (χ2v) is 19.2. The summed E-state index contributed by atoms with van der Waals surface area (Å²) in [7, 11) is 0. The Hall–Kier alpha value is -5.96. The van der Waals surface area contributed by atoms with E-state index >= 15 is 0 Å². The summed E-state index contributed by atoms with van der Waals surface area (Å²) in [6.07, 6.45) is 7.89. The van der Waals surface area contributed by atoms with E-state index in [1.807, 2.05) is 0 Å². The van der Waals surface area contributed by atoms with Crippen molar-refractivity contribution in [3.05, 3.63) is 118 Å². The van der Waals surface area contributed by atoms with E-state index in [1.54, 1.807) is 22.7 Å². The van der Waals surface area contributed by atoms with Crippen molar-refractivity contribution >= 4 is 107 Å². The molecule has 0 unspecified atom stereocenters. The fraction of sp³-hybridized carbons (Fsp3) is 0.286. The van der Waals surface area contributed by atoms with Crippen LogP contribution in [0.2, 0.25) is 0 Å². The molecule has 64 heavy (non-hydrogen) atoms. The van der Waals surface area contributed by atoms with Crippen molar-refractivity contribution in [3.8, 4) is 23.0 Å². The molecule has 0 atom stereocenters. The van der Waals surface area contributed by atoms with E-state index in [2.05, 4.69) is 125 Å². The topological polar surface area (TPSA) is 62.7 Å². The minimum absolute atomic E-state index is 0.596. The van der Waals surface area contributed by atoms with E-state index < -0.39 is 0 Å². The van der Waals surface area contributed by atoms with E-state index in [1.165, 1.54) is 43.1 Å². The van der Waals surface area contributed by atoms with Gasteiger partial charge in [-0.05, 0) is 93.0 Å². The van der Waals surface area contributed by atoms with Crippen molar-refractivity contribution in [2.24, 2.45) is 0 Å². The van der Waals surface area contributed by atoms with Gasteiger partial charge in [-0.3, -0.25) is 0 Å². The molecular weight excluding hydrogens is 829 g/mol. The number of rotatable bonds is 16. The maximum atomic E-state index is 6.83. The molecule has 0 radical (unpaired) electrons. The molecule has 6 nitrogen and oxygen atoms in total. The third kappa shape index (κ3) is 6.80. The van der Waals surface area contributed by atoms with Crippen molar-refractivity contribution in [1.29, 1.82) is 0 Å². The van der Waals surface area contributed by atoms with Crippen LogP contribution in [0.3, 0.4) is 0 Å². The van der Waals surface area contributed by atoms with Crippen LogP contribution in [-0.4, -0.2) is 36.4 Å². The van der Waals surface area contributed by atoms with Crippen LogP contribution in [0.15, 0.2) is 97.1 Å². The van der Waals surface area contributed by atoms with Crippen LogP contribution in [-0.2, 0) is 0 Å². The Bertz CT molecular complexity index is 3240. The molecule has 0 saturated carbocycles. The molecule has 0 fully saturated rings. The lowest BCUT2D eigenvalue weighted by Gasteiger charge is -2.09. The quantitative estimate of drug-likeness (QED) is 0.0901. The number of aromatic nitrogens is 2. The van der Waals surface area contributed by atoms with Crippen LogP contribution >= 0.6 is 22.7 Å². The van der Waals surface area contributed by atoms with Crippen molar-refractivity contribution < 1.29 is 18.9 Å². The largest absolute Gasteiger partial charge is 0.488 e. The molecule has 0 amide bonds. The first-order chi connectivity index (χ1) is 31.6. The average Bonchev–Trinajstić information content (AvgIpc) is 4.14. The molecule has 8 bridgehead atoms. The summed E-state index contributed by atoms with van der Waals surface area (Å²) in [5, 5.41) is 14.4. The third-order valence-corrected chi connectivity index (χ3v) is 14.8. The van der Waals surface area contributed by atoms with Gasteiger partial charge in [0.2, 0.25) is 0 Å². The third-order valence-electron chi connectivity index (χ3n) is 12.7. The van der Waals surface area contributed by atoms with Crippen molar-refractivity contribution in [2.45, 2.75) is 79.1 Å². The lowest BCUT2D eigenvalue weighted by molar-refractivity contribution is 0.268. The highest BCUT2D eigenvalue weighted by Crippen LogP contribution is 2.48. The van der Waals surface area contributed by atoms with E-state index in [4.69, 9.17) is 28.9 Å². The van der Waals surface area contributed by atoms with Gasteiger partial charge in [-0.1, -0.05) is 126 Å². The van der Waals surface area contributed by atoms with E-state index in [-0.39, 0.29) is 0 Å². The van der Waals surface area contributed by atoms with Gasteiger partial charge in [0, 0.05) is 20.9 Å². The van der Waals surface area contributed by atoms with Gasteiger partial charge in [0.1, 0.15) is 0 Å². The van der Waals surface area contributed by atoms with Crippen LogP contribution in [0, 0.1) is 20.9 Å². The Morgan fingerprint density at radius 2 is 0.641 bits per heavy atom. The van der Waals surface area contributed by atoms with Gasteiger partial charge >= 0.3 is 0 Å². The molecule has 4 aromatic carbocycles. The van der Waals surface area contributed by atoms with Crippen molar-refractivity contribution in [3.63, 3.8) is 0 Å². The molecule has 3 aromatic heterocycles. The second kappa shape index (κ2) is 17.2. The maximum Gasteiger partial charge on any atom is 0.179 e. The molecular formula is C56H52N2O4S2. The molecule has 0 N–H and O–H groups in total. The summed E-state index contributed by atoms with van der Waals surface area (Å²) in [4.78, 5) is 11.2. The smallest absolute Gasteiger partial charge is 0.179 e. The van der Waals surface area contributed by atoms with E-state index in [9.17, 15) is 0 Å². The summed E-state index contributed by atoms with van der Waals surface area (Å²) in [6, 6.07) is 35.6.